The number of unbranched alkanes of at least 4 members (excludes halogenated alkanes) is 1. The molecule has 11 nitrogen and oxygen atoms in total. The van der Waals surface area contributed by atoms with Gasteiger partial charge in [-0.3, -0.25) is 9.59 Å². The summed E-state index contributed by atoms with van der Waals surface area (Å²) in [5.74, 6) is -1.01. The summed E-state index contributed by atoms with van der Waals surface area (Å²) < 4.78 is 5.92. The van der Waals surface area contributed by atoms with Crippen molar-refractivity contribution in [2.24, 2.45) is 17.8 Å². The molecule has 3 fully saturated rings. The van der Waals surface area contributed by atoms with Crippen molar-refractivity contribution in [1.82, 2.24) is 20.5 Å². The molecular formula is C40H46N4O7. The number of hydrogen-bond donors (Lipinski definition) is 6. The molecule has 2 bridgehead atoms. The molecule has 4 aromatic rings. The van der Waals surface area contributed by atoms with E-state index in [0.29, 0.717) is 66.2 Å². The lowest BCUT2D eigenvalue weighted by molar-refractivity contribution is -0.150. The van der Waals surface area contributed by atoms with E-state index in [1.165, 1.54) is 12.1 Å². The molecule has 3 aromatic carbocycles. The fourth-order valence-electron chi connectivity index (χ4n) is 8.70. The van der Waals surface area contributed by atoms with Gasteiger partial charge in [0.15, 0.2) is 5.54 Å². The molecule has 0 saturated carbocycles. The number of aliphatic hydroxyl groups excluding tert-OH is 1. The quantitative estimate of drug-likeness (QED) is 0.107. The number of fused-ring (bicyclic) bond motifs is 5. The van der Waals surface area contributed by atoms with Gasteiger partial charge in [0.25, 0.3) is 5.91 Å². The van der Waals surface area contributed by atoms with Crippen molar-refractivity contribution in [3.63, 3.8) is 0 Å². The van der Waals surface area contributed by atoms with Crippen molar-refractivity contribution in [3.05, 3.63) is 111 Å². The molecule has 8 rings (SSSR count). The number of hydrogen-bond acceptors (Lipinski definition) is 8. The lowest BCUT2D eigenvalue weighted by atomic mass is 9.66. The van der Waals surface area contributed by atoms with E-state index < -0.39 is 23.5 Å². The summed E-state index contributed by atoms with van der Waals surface area (Å²) in [7, 11) is 0. The van der Waals surface area contributed by atoms with Crippen LogP contribution in [0.3, 0.4) is 0 Å². The third kappa shape index (κ3) is 7.03. The molecule has 1 amide bonds. The molecule has 51 heavy (non-hydrogen) atoms. The molecule has 0 radical (unpaired) electrons. The number of nitrogens with one attached hydrogen (secondary N) is 3. The summed E-state index contributed by atoms with van der Waals surface area (Å²) in [5, 5.41) is 38.7. The van der Waals surface area contributed by atoms with Crippen LogP contribution in [-0.4, -0.2) is 76.4 Å². The molecule has 3 aliphatic heterocycles. The van der Waals surface area contributed by atoms with Crippen LogP contribution in [-0.2, 0) is 28.1 Å². The van der Waals surface area contributed by atoms with Crippen LogP contribution >= 0.6 is 0 Å². The number of ether oxygens (including phenoxy) is 1. The number of aliphatic carboxylic acids is 1. The highest BCUT2D eigenvalue weighted by Gasteiger charge is 2.58. The maximum atomic E-state index is 13.9. The van der Waals surface area contributed by atoms with Crippen molar-refractivity contribution in [1.29, 1.82) is 0 Å². The monoisotopic (exact) mass is 694 g/mol. The van der Waals surface area contributed by atoms with Gasteiger partial charge in [0.05, 0.1) is 18.2 Å². The molecule has 4 atom stereocenters. The summed E-state index contributed by atoms with van der Waals surface area (Å²) in [6.07, 6.45) is 3.57. The Balaban J connectivity index is 0.914. The van der Waals surface area contributed by atoms with Crippen LogP contribution in [0.2, 0.25) is 0 Å². The first-order valence-electron chi connectivity index (χ1n) is 18.0. The molecule has 268 valence electrons. The van der Waals surface area contributed by atoms with Gasteiger partial charge >= 0.3 is 5.97 Å². The third-order valence-electron chi connectivity index (χ3n) is 11.3. The van der Waals surface area contributed by atoms with E-state index in [2.05, 4.69) is 20.5 Å². The predicted molar refractivity (Wildman–Crippen MR) is 192 cm³/mol. The Bertz CT molecular complexity index is 1950. The van der Waals surface area contributed by atoms with Gasteiger partial charge in [0, 0.05) is 42.6 Å². The second kappa shape index (κ2) is 15.0. The standard InChI is InChI=1S/C40H46N4O7/c45-34-12-10-29(30-11-13-36(47)42-37(30)34)35(46)22-41-16-3-4-19-51-24-25-6-5-8-28(20-25)38(48)43-40(39(49)50)32-9-2-1-7-27(32)21-33(40)31-23-44-17-14-26(31)15-18-44/h1-2,5-13,20,26,31,33,35,41,45-46H,3-4,14-19,21-24H2,(H,42,47)(H,43,48)(H,49,50)/t31?,33?,35?,40-/m0/s1. The van der Waals surface area contributed by atoms with E-state index in [1.54, 1.807) is 30.3 Å². The van der Waals surface area contributed by atoms with E-state index in [-0.39, 0.29) is 23.1 Å². The topological polar surface area (TPSA) is 164 Å². The molecule has 4 heterocycles. The smallest absolute Gasteiger partial charge is 0.334 e. The highest BCUT2D eigenvalue weighted by atomic mass is 16.5. The molecule has 3 saturated heterocycles. The number of carboxylic acid groups (broad SMARTS) is 1. The average Bonchev–Trinajstić information content (AvgIpc) is 3.48. The van der Waals surface area contributed by atoms with Crippen LogP contribution < -0.4 is 16.2 Å². The number of amides is 1. The zero-order valence-corrected chi connectivity index (χ0v) is 28.6. The molecule has 4 aliphatic rings. The number of pyridine rings is 1. The largest absolute Gasteiger partial charge is 0.506 e. The van der Waals surface area contributed by atoms with E-state index in [9.17, 15) is 29.7 Å². The van der Waals surface area contributed by atoms with Crippen molar-refractivity contribution < 1.29 is 29.6 Å². The Kier molecular flexibility index (Phi) is 10.2. The molecule has 3 unspecified atom stereocenters. The zero-order valence-electron chi connectivity index (χ0n) is 28.6. The number of aromatic amines is 1. The summed E-state index contributed by atoms with van der Waals surface area (Å²) in [6, 6.07) is 21.0. The van der Waals surface area contributed by atoms with Crippen molar-refractivity contribution >= 4 is 22.8 Å². The number of nitrogens with zero attached hydrogens (tertiary/aromatic N) is 1. The maximum absolute atomic E-state index is 13.9. The molecule has 1 aliphatic carbocycles. The molecular weight excluding hydrogens is 648 g/mol. The van der Waals surface area contributed by atoms with Crippen LogP contribution in [0.15, 0.2) is 77.6 Å². The number of benzene rings is 3. The van der Waals surface area contributed by atoms with Crippen LogP contribution in [0.1, 0.15) is 64.4 Å². The minimum absolute atomic E-state index is 0.0450. The highest BCUT2D eigenvalue weighted by molar-refractivity contribution is 5.99. The number of aromatic nitrogens is 1. The Morgan fingerprint density at radius 3 is 2.63 bits per heavy atom. The van der Waals surface area contributed by atoms with Crippen LogP contribution in [0, 0.1) is 17.8 Å². The lowest BCUT2D eigenvalue weighted by Crippen LogP contribution is -2.60. The Hall–Kier alpha value is -4.55. The molecule has 0 spiro atoms. The lowest BCUT2D eigenvalue weighted by Gasteiger charge is -2.50. The van der Waals surface area contributed by atoms with Gasteiger partial charge in [-0.15, -0.1) is 0 Å². The van der Waals surface area contributed by atoms with E-state index >= 15 is 0 Å². The fraction of sp³-hybridized carbons (Fsp3) is 0.425. The summed E-state index contributed by atoms with van der Waals surface area (Å²) in [5.41, 5.74) is 2.04. The number of piperidine rings is 3. The SMILES string of the molecule is O=C(N[C@@]1(C(=O)O)c2ccccc2CC1C1CN2CCC1CC2)c1cccc(COCCCCNCC(O)c2ccc(O)c3[nH]c(=O)ccc23)c1. The summed E-state index contributed by atoms with van der Waals surface area (Å²) >= 11 is 0. The van der Waals surface area contributed by atoms with Gasteiger partial charge in [0.2, 0.25) is 5.56 Å². The molecule has 1 aromatic heterocycles. The number of aromatic hydroxyl groups is 1. The van der Waals surface area contributed by atoms with Crippen molar-refractivity contribution in [2.45, 2.75) is 50.4 Å². The second-order valence-electron chi connectivity index (χ2n) is 14.3. The zero-order chi connectivity index (χ0) is 35.5. The second-order valence-corrected chi connectivity index (χ2v) is 14.3. The summed E-state index contributed by atoms with van der Waals surface area (Å²) in [6.45, 7) is 4.81. The van der Waals surface area contributed by atoms with Gasteiger partial charge in [-0.05, 0) is 110 Å². The van der Waals surface area contributed by atoms with Crippen LogP contribution in [0.5, 0.6) is 5.75 Å². The number of H-pyrrole nitrogens is 1. The van der Waals surface area contributed by atoms with Gasteiger partial charge in [-0.25, -0.2) is 4.79 Å². The predicted octanol–water partition coefficient (Wildman–Crippen LogP) is 4.08. The van der Waals surface area contributed by atoms with Gasteiger partial charge in [-0.1, -0.05) is 42.5 Å². The van der Waals surface area contributed by atoms with Gasteiger partial charge < -0.3 is 40.6 Å². The number of phenolic OH excluding ortho intramolecular Hbond substituents is 1. The number of aliphatic hydroxyl groups is 1. The van der Waals surface area contributed by atoms with Gasteiger partial charge in [-0.2, -0.15) is 0 Å². The average molecular weight is 695 g/mol. The van der Waals surface area contributed by atoms with E-state index in [0.717, 1.165) is 56.4 Å². The van der Waals surface area contributed by atoms with E-state index in [1.807, 2.05) is 30.3 Å². The Labute approximate surface area is 296 Å². The molecule has 11 heteroatoms. The normalized spacial score (nSPS) is 24.3. The number of carbonyl (C=O) groups excluding carboxylic acids is 1. The highest BCUT2D eigenvalue weighted by Crippen LogP contribution is 2.50. The summed E-state index contributed by atoms with van der Waals surface area (Å²) in [4.78, 5) is 44.0. The minimum Gasteiger partial charge on any atom is -0.506 e. The fourth-order valence-corrected chi connectivity index (χ4v) is 8.70. The number of phenols is 1. The number of rotatable bonds is 14. The Morgan fingerprint density at radius 1 is 1.02 bits per heavy atom. The maximum Gasteiger partial charge on any atom is 0.334 e. The Morgan fingerprint density at radius 2 is 1.84 bits per heavy atom. The first-order chi connectivity index (χ1) is 24.7. The number of carboxylic acids is 1. The number of carbonyl (C=O) groups is 2. The van der Waals surface area contributed by atoms with Crippen LogP contribution in [0.25, 0.3) is 10.9 Å². The first kappa shape index (κ1) is 34.9. The van der Waals surface area contributed by atoms with Gasteiger partial charge in [0.1, 0.15) is 5.75 Å². The third-order valence-corrected chi connectivity index (χ3v) is 11.3. The van der Waals surface area contributed by atoms with Crippen LogP contribution in [0.4, 0.5) is 0 Å². The van der Waals surface area contributed by atoms with E-state index in [4.69, 9.17) is 4.74 Å². The van der Waals surface area contributed by atoms with Crippen molar-refractivity contribution in [3.8, 4) is 5.75 Å². The minimum atomic E-state index is -1.49. The first-order valence-corrected chi connectivity index (χ1v) is 18.0. The van der Waals surface area contributed by atoms with Crippen molar-refractivity contribution in [2.75, 3.05) is 39.3 Å². The molecule has 6 N–H and O–H groups in total.